The first kappa shape index (κ1) is 16.6. The number of likely N-dealkylation sites (N-methyl/N-ethyl adjacent to an activating group) is 1. The lowest BCUT2D eigenvalue weighted by Gasteiger charge is -2.15. The van der Waals surface area contributed by atoms with Gasteiger partial charge in [-0.05, 0) is 6.54 Å². The van der Waals surface area contributed by atoms with E-state index in [9.17, 15) is 0 Å². The van der Waals surface area contributed by atoms with Crippen molar-refractivity contribution in [3.63, 3.8) is 0 Å². The Hall–Kier alpha value is -1.46. The van der Waals surface area contributed by atoms with Crippen LogP contribution in [0.1, 0.15) is 12.5 Å². The van der Waals surface area contributed by atoms with Crippen LogP contribution in [-0.2, 0) is 11.2 Å². The minimum absolute atomic E-state index is 0.629. The Morgan fingerprint density at radius 2 is 1.60 bits per heavy atom. The van der Waals surface area contributed by atoms with Gasteiger partial charge in [0.2, 0.25) is 0 Å². The molecule has 0 aliphatic heterocycles. The predicted molar refractivity (Wildman–Crippen MR) is 79.2 cm³/mol. The van der Waals surface area contributed by atoms with Crippen LogP contribution < -0.4 is 19.5 Å². The molecule has 0 atom stereocenters. The van der Waals surface area contributed by atoms with E-state index in [0.717, 1.165) is 42.3 Å². The van der Waals surface area contributed by atoms with Gasteiger partial charge in [0, 0.05) is 30.7 Å². The van der Waals surface area contributed by atoms with Crippen LogP contribution in [0.4, 0.5) is 0 Å². The topological polar surface area (TPSA) is 49.0 Å². The number of methoxy groups -OCH3 is 3. The molecule has 0 fully saturated rings. The summed E-state index contributed by atoms with van der Waals surface area (Å²) < 4.78 is 21.6. The molecule has 0 aromatic heterocycles. The van der Waals surface area contributed by atoms with Gasteiger partial charge in [0.15, 0.2) is 0 Å². The molecule has 20 heavy (non-hydrogen) atoms. The van der Waals surface area contributed by atoms with Crippen molar-refractivity contribution in [3.05, 3.63) is 17.7 Å². The molecule has 0 aliphatic carbocycles. The van der Waals surface area contributed by atoms with Crippen molar-refractivity contribution in [2.75, 3.05) is 47.6 Å². The Kier molecular flexibility index (Phi) is 7.84. The molecule has 1 aromatic carbocycles. The van der Waals surface area contributed by atoms with Gasteiger partial charge < -0.3 is 24.3 Å². The fourth-order valence-corrected chi connectivity index (χ4v) is 1.92. The average Bonchev–Trinajstić information content (AvgIpc) is 2.50. The van der Waals surface area contributed by atoms with Gasteiger partial charge in [-0.1, -0.05) is 6.92 Å². The molecule has 0 aliphatic rings. The van der Waals surface area contributed by atoms with E-state index >= 15 is 0 Å². The number of hydrogen-bond donors (Lipinski definition) is 1. The maximum atomic E-state index is 5.59. The van der Waals surface area contributed by atoms with Gasteiger partial charge in [0.25, 0.3) is 0 Å². The van der Waals surface area contributed by atoms with Gasteiger partial charge >= 0.3 is 0 Å². The van der Waals surface area contributed by atoms with Crippen molar-refractivity contribution < 1.29 is 18.9 Å². The van der Waals surface area contributed by atoms with Crippen molar-refractivity contribution in [2.45, 2.75) is 13.3 Å². The summed E-state index contributed by atoms with van der Waals surface area (Å²) in [4.78, 5) is 0. The lowest BCUT2D eigenvalue weighted by molar-refractivity contribution is 0.138. The second-order valence-corrected chi connectivity index (χ2v) is 4.23. The predicted octanol–water partition coefficient (Wildman–Crippen LogP) is 1.88. The smallest absolute Gasteiger partial charge is 0.129 e. The molecule has 0 amide bonds. The molecule has 0 heterocycles. The highest BCUT2D eigenvalue weighted by atomic mass is 16.5. The average molecular weight is 283 g/mol. The first-order valence-electron chi connectivity index (χ1n) is 6.84. The van der Waals surface area contributed by atoms with E-state index in [0.29, 0.717) is 13.2 Å². The maximum absolute atomic E-state index is 5.59. The van der Waals surface area contributed by atoms with Crippen molar-refractivity contribution in [2.24, 2.45) is 0 Å². The second kappa shape index (κ2) is 9.44. The van der Waals surface area contributed by atoms with Crippen molar-refractivity contribution in [3.8, 4) is 17.2 Å². The zero-order valence-corrected chi connectivity index (χ0v) is 12.8. The maximum Gasteiger partial charge on any atom is 0.129 e. The van der Waals surface area contributed by atoms with Gasteiger partial charge in [-0.3, -0.25) is 0 Å². The molecule has 5 heteroatoms. The number of benzene rings is 1. The van der Waals surface area contributed by atoms with E-state index in [2.05, 4.69) is 12.2 Å². The van der Waals surface area contributed by atoms with Crippen LogP contribution in [0.3, 0.4) is 0 Å². The number of ether oxygens (including phenoxy) is 4. The highest BCUT2D eigenvalue weighted by molar-refractivity contribution is 5.50. The third-order valence-electron chi connectivity index (χ3n) is 2.99. The van der Waals surface area contributed by atoms with Crippen molar-refractivity contribution in [1.82, 2.24) is 5.32 Å². The Balaban J connectivity index is 2.63. The summed E-state index contributed by atoms with van der Waals surface area (Å²) in [5.41, 5.74) is 0.999. The van der Waals surface area contributed by atoms with Gasteiger partial charge in [-0.15, -0.1) is 0 Å². The van der Waals surface area contributed by atoms with Crippen LogP contribution >= 0.6 is 0 Å². The molecular formula is C15H25NO4. The van der Waals surface area contributed by atoms with Crippen LogP contribution in [0, 0.1) is 0 Å². The number of nitrogens with one attached hydrogen (secondary N) is 1. The zero-order chi connectivity index (χ0) is 14.8. The monoisotopic (exact) mass is 283 g/mol. The van der Waals surface area contributed by atoms with E-state index in [4.69, 9.17) is 18.9 Å². The molecule has 0 spiro atoms. The lowest BCUT2D eigenvalue weighted by Crippen LogP contribution is -2.19. The molecule has 0 unspecified atom stereocenters. The highest BCUT2D eigenvalue weighted by Gasteiger charge is 2.12. The van der Waals surface area contributed by atoms with E-state index < -0.39 is 0 Å². The van der Waals surface area contributed by atoms with E-state index in [1.165, 1.54) is 0 Å². The number of hydrogen-bond acceptors (Lipinski definition) is 5. The van der Waals surface area contributed by atoms with Gasteiger partial charge in [0.1, 0.15) is 17.2 Å². The largest absolute Gasteiger partial charge is 0.496 e. The molecule has 0 saturated heterocycles. The van der Waals surface area contributed by atoms with Gasteiger partial charge in [-0.2, -0.15) is 0 Å². The van der Waals surface area contributed by atoms with E-state index in [-0.39, 0.29) is 0 Å². The quantitative estimate of drug-likeness (QED) is 0.664. The highest BCUT2D eigenvalue weighted by Crippen LogP contribution is 2.34. The fraction of sp³-hybridized carbons (Fsp3) is 0.600. The van der Waals surface area contributed by atoms with Crippen LogP contribution in [0.25, 0.3) is 0 Å². The summed E-state index contributed by atoms with van der Waals surface area (Å²) in [6.45, 7) is 5.24. The molecule has 114 valence electrons. The molecule has 0 radical (unpaired) electrons. The zero-order valence-electron chi connectivity index (χ0n) is 12.8. The lowest BCUT2D eigenvalue weighted by atomic mass is 10.1. The van der Waals surface area contributed by atoms with E-state index in [1.54, 1.807) is 21.3 Å². The van der Waals surface area contributed by atoms with Crippen LogP contribution in [0.2, 0.25) is 0 Å². The third-order valence-corrected chi connectivity index (χ3v) is 2.99. The fourth-order valence-electron chi connectivity index (χ4n) is 1.92. The van der Waals surface area contributed by atoms with Crippen LogP contribution in [0.5, 0.6) is 17.2 Å². The Morgan fingerprint density at radius 1 is 0.950 bits per heavy atom. The summed E-state index contributed by atoms with van der Waals surface area (Å²) >= 11 is 0. The summed E-state index contributed by atoms with van der Waals surface area (Å²) in [5, 5.41) is 3.22. The standard InChI is InChI=1S/C15H25NO4/c1-5-16-7-9-20-8-6-13-14(18-3)10-12(17-2)11-15(13)19-4/h10-11,16H,5-9H2,1-4H3. The SMILES string of the molecule is CCNCCOCCc1c(OC)cc(OC)cc1OC. The van der Waals surface area contributed by atoms with Gasteiger partial charge in [0.05, 0.1) is 34.5 Å². The van der Waals surface area contributed by atoms with Crippen LogP contribution in [0.15, 0.2) is 12.1 Å². The molecule has 0 saturated carbocycles. The molecular weight excluding hydrogens is 258 g/mol. The molecule has 0 bridgehead atoms. The normalized spacial score (nSPS) is 10.4. The van der Waals surface area contributed by atoms with Gasteiger partial charge in [-0.25, -0.2) is 0 Å². The Bertz CT molecular complexity index is 370. The minimum atomic E-state index is 0.629. The molecule has 5 nitrogen and oxygen atoms in total. The van der Waals surface area contributed by atoms with Crippen molar-refractivity contribution in [1.29, 1.82) is 0 Å². The summed E-state index contributed by atoms with van der Waals surface area (Å²) in [7, 11) is 4.91. The second-order valence-electron chi connectivity index (χ2n) is 4.23. The van der Waals surface area contributed by atoms with Crippen molar-refractivity contribution >= 4 is 0 Å². The number of rotatable bonds is 10. The first-order valence-corrected chi connectivity index (χ1v) is 6.84. The molecule has 1 N–H and O–H groups in total. The molecule has 1 aromatic rings. The first-order chi connectivity index (χ1) is 9.76. The summed E-state index contributed by atoms with van der Waals surface area (Å²) in [5.74, 6) is 2.24. The Labute approximate surface area is 121 Å². The minimum Gasteiger partial charge on any atom is -0.496 e. The Morgan fingerprint density at radius 3 is 2.10 bits per heavy atom. The van der Waals surface area contributed by atoms with E-state index in [1.807, 2.05) is 12.1 Å². The van der Waals surface area contributed by atoms with Crippen LogP contribution in [-0.4, -0.2) is 47.6 Å². The third kappa shape index (κ3) is 4.90. The summed E-state index contributed by atoms with van der Waals surface area (Å²) in [6, 6.07) is 3.72. The molecule has 1 rings (SSSR count). The summed E-state index contributed by atoms with van der Waals surface area (Å²) in [6.07, 6.45) is 0.739.